The summed E-state index contributed by atoms with van der Waals surface area (Å²) < 4.78 is 10.6. The second-order valence-corrected chi connectivity index (χ2v) is 8.83. The molecule has 3 aromatic rings. The van der Waals surface area contributed by atoms with Gasteiger partial charge in [0, 0.05) is 4.90 Å². The normalized spacial score (nSPS) is 12.4. The van der Waals surface area contributed by atoms with E-state index in [1.54, 1.807) is 44.6 Å². The summed E-state index contributed by atoms with van der Waals surface area (Å²) in [4.78, 5) is 26.7. The summed E-state index contributed by atoms with van der Waals surface area (Å²) in [6.45, 7) is 3.74. The van der Waals surface area contributed by atoms with E-state index in [1.807, 2.05) is 56.3 Å². The van der Waals surface area contributed by atoms with Gasteiger partial charge in [0.15, 0.2) is 11.5 Å². The molecule has 0 heterocycles. The van der Waals surface area contributed by atoms with Crippen LogP contribution in [-0.2, 0) is 4.79 Å². The lowest BCUT2D eigenvalue weighted by Crippen LogP contribution is -2.29. The highest BCUT2D eigenvalue weighted by Crippen LogP contribution is 2.34. The van der Waals surface area contributed by atoms with Gasteiger partial charge in [-0.1, -0.05) is 42.5 Å². The van der Waals surface area contributed by atoms with Crippen molar-refractivity contribution >= 4 is 29.3 Å². The van der Waals surface area contributed by atoms with Gasteiger partial charge in [0.2, 0.25) is 5.91 Å². The van der Waals surface area contributed by atoms with Gasteiger partial charge in [-0.3, -0.25) is 9.59 Å². The van der Waals surface area contributed by atoms with Crippen molar-refractivity contribution in [3.8, 4) is 11.5 Å². The second kappa shape index (κ2) is 11.4. The van der Waals surface area contributed by atoms with Crippen molar-refractivity contribution in [1.29, 1.82) is 0 Å². The van der Waals surface area contributed by atoms with Crippen molar-refractivity contribution in [2.75, 3.05) is 19.5 Å². The van der Waals surface area contributed by atoms with Crippen LogP contribution < -0.4 is 20.1 Å². The lowest BCUT2D eigenvalue weighted by molar-refractivity contribution is -0.115. The quantitative estimate of drug-likeness (QED) is 0.420. The predicted molar refractivity (Wildman–Crippen MR) is 132 cm³/mol. The molecule has 2 amide bonds. The van der Waals surface area contributed by atoms with E-state index in [0.717, 1.165) is 10.5 Å². The number of carbonyl (C=O) groups is 2. The van der Waals surface area contributed by atoms with Crippen LogP contribution in [0.15, 0.2) is 77.7 Å². The average Bonchev–Trinajstić information content (AvgIpc) is 2.84. The van der Waals surface area contributed by atoms with Gasteiger partial charge in [-0.05, 0) is 49.7 Å². The highest BCUT2D eigenvalue weighted by Gasteiger charge is 2.20. The fourth-order valence-corrected chi connectivity index (χ4v) is 4.17. The predicted octanol–water partition coefficient (Wildman–Crippen LogP) is 5.31. The van der Waals surface area contributed by atoms with E-state index < -0.39 is 5.25 Å². The van der Waals surface area contributed by atoms with E-state index in [0.29, 0.717) is 22.7 Å². The number of methoxy groups -OCH3 is 2. The van der Waals surface area contributed by atoms with Crippen LogP contribution in [0.5, 0.6) is 11.5 Å². The SMILES string of the molecule is COc1ccc(S[C@H](C)C(=O)Nc2ccccc2C(=O)N[C@H](C)c2ccccc2)cc1OC. The Labute approximate surface area is 198 Å². The van der Waals surface area contributed by atoms with Gasteiger partial charge >= 0.3 is 0 Å². The molecule has 0 fully saturated rings. The number of ether oxygens (including phenoxy) is 2. The average molecular weight is 465 g/mol. The van der Waals surface area contributed by atoms with E-state index in [-0.39, 0.29) is 17.9 Å². The second-order valence-electron chi connectivity index (χ2n) is 7.42. The van der Waals surface area contributed by atoms with E-state index in [9.17, 15) is 9.59 Å². The zero-order valence-electron chi connectivity index (χ0n) is 19.1. The van der Waals surface area contributed by atoms with Gasteiger partial charge in [-0.25, -0.2) is 0 Å². The van der Waals surface area contributed by atoms with Crippen LogP contribution in [0, 0.1) is 0 Å². The van der Waals surface area contributed by atoms with E-state index in [1.165, 1.54) is 11.8 Å². The Balaban J connectivity index is 1.68. The summed E-state index contributed by atoms with van der Waals surface area (Å²) in [5.74, 6) is 0.780. The number of anilines is 1. The van der Waals surface area contributed by atoms with E-state index >= 15 is 0 Å². The zero-order valence-corrected chi connectivity index (χ0v) is 19.9. The van der Waals surface area contributed by atoms with Crippen LogP contribution in [0.4, 0.5) is 5.69 Å². The lowest BCUT2D eigenvalue weighted by atomic mass is 10.1. The topological polar surface area (TPSA) is 76.7 Å². The fourth-order valence-electron chi connectivity index (χ4n) is 3.27. The largest absolute Gasteiger partial charge is 0.493 e. The monoisotopic (exact) mass is 464 g/mol. The van der Waals surface area contributed by atoms with Gasteiger partial charge in [0.05, 0.1) is 36.8 Å². The molecule has 172 valence electrons. The molecule has 0 spiro atoms. The number of para-hydroxylation sites is 1. The fraction of sp³-hybridized carbons (Fsp3) is 0.231. The molecule has 2 N–H and O–H groups in total. The van der Waals surface area contributed by atoms with Gasteiger partial charge < -0.3 is 20.1 Å². The Bertz CT molecular complexity index is 1100. The number of amides is 2. The Kier molecular flexibility index (Phi) is 8.38. The summed E-state index contributed by atoms with van der Waals surface area (Å²) in [5.41, 5.74) is 1.89. The summed E-state index contributed by atoms with van der Waals surface area (Å²) >= 11 is 1.39. The van der Waals surface area contributed by atoms with Crippen molar-refractivity contribution in [1.82, 2.24) is 5.32 Å². The minimum absolute atomic E-state index is 0.165. The number of hydrogen-bond acceptors (Lipinski definition) is 5. The Morgan fingerprint density at radius 3 is 2.21 bits per heavy atom. The van der Waals surface area contributed by atoms with Crippen LogP contribution in [0.3, 0.4) is 0 Å². The van der Waals surface area contributed by atoms with Gasteiger partial charge in [0.1, 0.15) is 0 Å². The van der Waals surface area contributed by atoms with Gasteiger partial charge in [-0.2, -0.15) is 0 Å². The maximum absolute atomic E-state index is 12.9. The number of benzene rings is 3. The molecule has 3 aromatic carbocycles. The number of rotatable bonds is 9. The minimum Gasteiger partial charge on any atom is -0.493 e. The molecule has 0 aliphatic carbocycles. The standard InChI is InChI=1S/C26H28N2O4S/c1-17(19-10-6-5-7-11-19)27-26(30)21-12-8-9-13-22(21)28-25(29)18(2)33-20-14-15-23(31-3)24(16-20)32-4/h5-18H,1-4H3,(H,27,30)(H,28,29)/t17-,18-/m1/s1. The molecule has 0 aliphatic heterocycles. The number of thioether (sulfide) groups is 1. The molecule has 33 heavy (non-hydrogen) atoms. The molecule has 0 bridgehead atoms. The van der Waals surface area contributed by atoms with Crippen LogP contribution in [-0.4, -0.2) is 31.3 Å². The highest BCUT2D eigenvalue weighted by atomic mass is 32.2. The minimum atomic E-state index is -0.400. The maximum Gasteiger partial charge on any atom is 0.253 e. The summed E-state index contributed by atoms with van der Waals surface area (Å²) in [6, 6.07) is 22.1. The van der Waals surface area contributed by atoms with Crippen LogP contribution in [0.2, 0.25) is 0 Å². The zero-order chi connectivity index (χ0) is 23.8. The lowest BCUT2D eigenvalue weighted by Gasteiger charge is -2.18. The molecule has 7 heteroatoms. The van der Waals surface area contributed by atoms with E-state index in [2.05, 4.69) is 10.6 Å². The first-order valence-electron chi connectivity index (χ1n) is 10.6. The molecule has 0 aliphatic rings. The van der Waals surface area contributed by atoms with Crippen molar-refractivity contribution in [3.05, 3.63) is 83.9 Å². The van der Waals surface area contributed by atoms with Crippen molar-refractivity contribution in [3.63, 3.8) is 0 Å². The summed E-state index contributed by atoms with van der Waals surface area (Å²) in [7, 11) is 3.15. The number of nitrogens with one attached hydrogen (secondary N) is 2. The molecule has 0 aromatic heterocycles. The third-order valence-electron chi connectivity index (χ3n) is 5.11. The molecule has 3 rings (SSSR count). The molecule has 0 unspecified atom stereocenters. The smallest absolute Gasteiger partial charge is 0.253 e. The van der Waals surface area contributed by atoms with Gasteiger partial charge in [0.25, 0.3) is 5.91 Å². The molecule has 0 radical (unpaired) electrons. The Hall–Kier alpha value is -3.45. The first-order valence-corrected chi connectivity index (χ1v) is 11.4. The van der Waals surface area contributed by atoms with Crippen LogP contribution in [0.1, 0.15) is 35.8 Å². The third kappa shape index (κ3) is 6.29. The Morgan fingerprint density at radius 1 is 0.848 bits per heavy atom. The van der Waals surface area contributed by atoms with Gasteiger partial charge in [-0.15, -0.1) is 11.8 Å². The maximum atomic E-state index is 12.9. The van der Waals surface area contributed by atoms with Crippen molar-refractivity contribution in [2.24, 2.45) is 0 Å². The molecular weight excluding hydrogens is 436 g/mol. The first-order chi connectivity index (χ1) is 15.9. The molecule has 2 atom stereocenters. The third-order valence-corrected chi connectivity index (χ3v) is 6.21. The first kappa shape index (κ1) is 24.2. The van der Waals surface area contributed by atoms with Crippen LogP contribution in [0.25, 0.3) is 0 Å². The number of carbonyl (C=O) groups excluding carboxylic acids is 2. The van der Waals surface area contributed by atoms with E-state index in [4.69, 9.17) is 9.47 Å². The summed E-state index contributed by atoms with van der Waals surface area (Å²) in [6.07, 6.45) is 0. The summed E-state index contributed by atoms with van der Waals surface area (Å²) in [5, 5.41) is 5.50. The highest BCUT2D eigenvalue weighted by molar-refractivity contribution is 8.00. The molecule has 6 nitrogen and oxygen atoms in total. The van der Waals surface area contributed by atoms with Crippen molar-refractivity contribution < 1.29 is 19.1 Å². The Morgan fingerprint density at radius 2 is 1.52 bits per heavy atom. The van der Waals surface area contributed by atoms with Crippen LogP contribution >= 0.6 is 11.8 Å². The molecule has 0 saturated heterocycles. The van der Waals surface area contributed by atoms with Crippen molar-refractivity contribution in [2.45, 2.75) is 30.0 Å². The molecule has 0 saturated carbocycles. The molecular formula is C26H28N2O4S. The number of hydrogen-bond donors (Lipinski definition) is 2.